The second-order valence-corrected chi connectivity index (χ2v) is 6.96. The molecule has 0 unspecified atom stereocenters. The third kappa shape index (κ3) is 34.0. The summed E-state index contributed by atoms with van der Waals surface area (Å²) in [6.07, 6.45) is 31.4. The molecular weight excluding hydrogens is 360 g/mol. The molecule has 0 atom stereocenters. The van der Waals surface area contributed by atoms with Gasteiger partial charge in [-0.05, 0) is 52.4 Å². The average Bonchev–Trinajstić information content (AvgIpc) is 2.71. The van der Waals surface area contributed by atoms with Crippen molar-refractivity contribution in [1.82, 2.24) is 0 Å². The lowest BCUT2D eigenvalue weighted by atomic mass is 10.1. The van der Waals surface area contributed by atoms with Crippen LogP contribution in [-0.4, -0.2) is 18.9 Å². The predicted molar refractivity (Wildman–Crippen MR) is 126 cm³/mol. The van der Waals surface area contributed by atoms with Crippen molar-refractivity contribution in [3.05, 3.63) is 48.6 Å². The average molecular weight is 405 g/mol. The third-order valence-electron chi connectivity index (χ3n) is 4.14. The standard InChI is InChI=1S/C14H24O2.C12H20O/c1-3-4-5-6-7-8-9-10-11-12-13-16-14(2)15;1-2-3-4-5-6-7-8-9-10-11-12-13/h3-6H,7-13H2,1-2H3;2-5,12H,6-11H2,1H3/b4-3+,6-5+;3-2+,5-4+. The molecule has 3 nitrogen and oxygen atoms in total. The molecule has 0 N–H and O–H groups in total. The van der Waals surface area contributed by atoms with Crippen molar-refractivity contribution in [1.29, 1.82) is 0 Å². The molecule has 0 spiro atoms. The van der Waals surface area contributed by atoms with E-state index in [1.807, 2.05) is 32.1 Å². The molecule has 0 bridgehead atoms. The van der Waals surface area contributed by atoms with Gasteiger partial charge in [0, 0.05) is 13.3 Å². The molecule has 0 rings (SSSR count). The van der Waals surface area contributed by atoms with E-state index in [9.17, 15) is 9.59 Å². The second kappa shape index (κ2) is 28.3. The van der Waals surface area contributed by atoms with Gasteiger partial charge in [0.25, 0.3) is 0 Å². The van der Waals surface area contributed by atoms with Crippen molar-refractivity contribution in [2.24, 2.45) is 0 Å². The van der Waals surface area contributed by atoms with Crippen molar-refractivity contribution in [3.63, 3.8) is 0 Å². The van der Waals surface area contributed by atoms with Crippen LogP contribution in [0.4, 0.5) is 0 Å². The van der Waals surface area contributed by atoms with Crippen molar-refractivity contribution in [2.75, 3.05) is 6.61 Å². The lowest BCUT2D eigenvalue weighted by molar-refractivity contribution is -0.141. The Bertz CT molecular complexity index is 459. The topological polar surface area (TPSA) is 43.4 Å². The largest absolute Gasteiger partial charge is 0.466 e. The number of carbonyl (C=O) groups excluding carboxylic acids is 2. The highest BCUT2D eigenvalue weighted by Gasteiger charge is 1.93. The maximum absolute atomic E-state index is 10.5. The first kappa shape index (κ1) is 29.3. The Labute approximate surface area is 180 Å². The van der Waals surface area contributed by atoms with Gasteiger partial charge in [0.2, 0.25) is 0 Å². The molecule has 0 aromatic carbocycles. The van der Waals surface area contributed by atoms with Crippen LogP contribution in [0.3, 0.4) is 0 Å². The lowest BCUT2D eigenvalue weighted by Crippen LogP contribution is -1.99. The number of rotatable bonds is 17. The summed E-state index contributed by atoms with van der Waals surface area (Å²) >= 11 is 0. The summed E-state index contributed by atoms with van der Waals surface area (Å²) in [4.78, 5) is 20.5. The first-order valence-corrected chi connectivity index (χ1v) is 11.3. The van der Waals surface area contributed by atoms with Gasteiger partial charge in [0.1, 0.15) is 6.29 Å². The van der Waals surface area contributed by atoms with E-state index in [-0.39, 0.29) is 5.97 Å². The zero-order chi connectivity index (χ0) is 21.8. The molecule has 0 aromatic heterocycles. The molecule has 0 saturated carbocycles. The van der Waals surface area contributed by atoms with E-state index < -0.39 is 0 Å². The molecule has 0 aliphatic rings. The number of carbonyl (C=O) groups is 2. The Morgan fingerprint density at radius 1 is 0.655 bits per heavy atom. The first-order valence-electron chi connectivity index (χ1n) is 11.3. The van der Waals surface area contributed by atoms with Crippen LogP contribution in [-0.2, 0) is 14.3 Å². The summed E-state index contributed by atoms with van der Waals surface area (Å²) in [6, 6.07) is 0. The monoisotopic (exact) mass is 404 g/mol. The van der Waals surface area contributed by atoms with Gasteiger partial charge in [-0.3, -0.25) is 4.79 Å². The molecular formula is C26H44O3. The highest BCUT2D eigenvalue weighted by Crippen LogP contribution is 2.06. The number of ether oxygens (including phenoxy) is 1. The minimum absolute atomic E-state index is 0.172. The van der Waals surface area contributed by atoms with E-state index in [1.165, 1.54) is 45.4 Å². The smallest absolute Gasteiger partial charge is 0.302 e. The van der Waals surface area contributed by atoms with Crippen molar-refractivity contribution in [3.8, 4) is 0 Å². The van der Waals surface area contributed by atoms with Gasteiger partial charge >= 0.3 is 5.97 Å². The summed E-state index contributed by atoms with van der Waals surface area (Å²) in [5.41, 5.74) is 0. The van der Waals surface area contributed by atoms with Crippen LogP contribution in [0.25, 0.3) is 0 Å². The fraction of sp³-hybridized carbons (Fsp3) is 0.615. The molecule has 0 aromatic rings. The van der Waals surface area contributed by atoms with Crippen LogP contribution in [0, 0.1) is 0 Å². The van der Waals surface area contributed by atoms with Gasteiger partial charge in [0.05, 0.1) is 6.61 Å². The SMILES string of the molecule is C/C=C/C=C/CCCCCCC=O.C/C=C/C=C/CCCCCCCOC(C)=O. The Hall–Kier alpha value is -1.90. The molecule has 0 saturated heterocycles. The fourth-order valence-corrected chi connectivity index (χ4v) is 2.53. The van der Waals surface area contributed by atoms with Gasteiger partial charge in [-0.15, -0.1) is 0 Å². The van der Waals surface area contributed by atoms with Gasteiger partial charge in [0.15, 0.2) is 0 Å². The van der Waals surface area contributed by atoms with E-state index in [0.29, 0.717) is 6.61 Å². The number of hydrogen-bond acceptors (Lipinski definition) is 3. The first-order chi connectivity index (χ1) is 14.2. The molecule has 0 aliphatic carbocycles. The van der Waals surface area contributed by atoms with Crippen molar-refractivity contribution >= 4 is 12.3 Å². The predicted octanol–water partition coefficient (Wildman–Crippen LogP) is 7.68. The molecule has 0 radical (unpaired) electrons. The fourth-order valence-electron chi connectivity index (χ4n) is 2.53. The van der Waals surface area contributed by atoms with Crippen LogP contribution < -0.4 is 0 Å². The zero-order valence-corrected chi connectivity index (χ0v) is 19.1. The Morgan fingerprint density at radius 3 is 1.55 bits per heavy atom. The molecule has 166 valence electrons. The lowest BCUT2D eigenvalue weighted by Gasteiger charge is -2.01. The number of aldehydes is 1. The van der Waals surface area contributed by atoms with E-state index in [0.717, 1.165) is 44.8 Å². The summed E-state index contributed by atoms with van der Waals surface area (Å²) in [6.45, 7) is 6.07. The van der Waals surface area contributed by atoms with Gasteiger partial charge in [-0.2, -0.15) is 0 Å². The Morgan fingerprint density at radius 2 is 1.10 bits per heavy atom. The highest BCUT2D eigenvalue weighted by atomic mass is 16.5. The van der Waals surface area contributed by atoms with E-state index in [4.69, 9.17) is 4.74 Å². The van der Waals surface area contributed by atoms with Crippen LogP contribution in [0.5, 0.6) is 0 Å². The van der Waals surface area contributed by atoms with Crippen molar-refractivity contribution < 1.29 is 14.3 Å². The normalized spacial score (nSPS) is 11.4. The molecule has 29 heavy (non-hydrogen) atoms. The minimum atomic E-state index is -0.172. The number of allylic oxidation sites excluding steroid dienone is 8. The maximum Gasteiger partial charge on any atom is 0.302 e. The van der Waals surface area contributed by atoms with Gasteiger partial charge in [-0.1, -0.05) is 80.7 Å². The summed E-state index contributed by atoms with van der Waals surface area (Å²) in [5.74, 6) is -0.172. The van der Waals surface area contributed by atoms with Gasteiger partial charge in [-0.25, -0.2) is 0 Å². The molecule has 0 heterocycles. The van der Waals surface area contributed by atoms with E-state index >= 15 is 0 Å². The minimum Gasteiger partial charge on any atom is -0.466 e. The number of hydrogen-bond donors (Lipinski definition) is 0. The summed E-state index contributed by atoms with van der Waals surface area (Å²) in [5, 5.41) is 0. The molecule has 0 aliphatic heterocycles. The summed E-state index contributed by atoms with van der Waals surface area (Å²) < 4.78 is 4.86. The molecule has 0 amide bonds. The highest BCUT2D eigenvalue weighted by molar-refractivity contribution is 5.65. The van der Waals surface area contributed by atoms with Crippen LogP contribution in [0.15, 0.2) is 48.6 Å². The van der Waals surface area contributed by atoms with Crippen LogP contribution in [0.1, 0.15) is 97.8 Å². The second-order valence-electron chi connectivity index (χ2n) is 6.96. The molecule has 0 fully saturated rings. The number of unbranched alkanes of at least 4 members (excludes halogenated alkanes) is 10. The summed E-state index contributed by atoms with van der Waals surface area (Å²) in [7, 11) is 0. The zero-order valence-electron chi connectivity index (χ0n) is 19.1. The quantitative estimate of drug-likeness (QED) is 0.108. The maximum atomic E-state index is 10.5. The van der Waals surface area contributed by atoms with Crippen LogP contribution >= 0.6 is 0 Å². The molecule has 3 heteroatoms. The van der Waals surface area contributed by atoms with Gasteiger partial charge < -0.3 is 9.53 Å². The van der Waals surface area contributed by atoms with E-state index in [2.05, 4.69) is 30.4 Å². The Balaban J connectivity index is 0. The van der Waals surface area contributed by atoms with E-state index in [1.54, 1.807) is 0 Å². The van der Waals surface area contributed by atoms with Crippen LogP contribution in [0.2, 0.25) is 0 Å². The van der Waals surface area contributed by atoms with Crippen molar-refractivity contribution in [2.45, 2.75) is 97.8 Å². The third-order valence-corrected chi connectivity index (χ3v) is 4.14. The Kier molecular flexibility index (Phi) is 28.6. The number of esters is 1.